The number of aliphatic imine (C=N–C) groups is 1. The molecule has 3 fully saturated rings. The number of hydrogen-bond acceptors (Lipinski definition) is 17. The van der Waals surface area contributed by atoms with Crippen molar-refractivity contribution in [3.05, 3.63) is 93.1 Å². The number of nitrogens with zero attached hydrogens (tertiary/aromatic N) is 5. The third-order valence-corrected chi connectivity index (χ3v) is 15.3. The van der Waals surface area contributed by atoms with Gasteiger partial charge in [0.25, 0.3) is 5.92 Å². The van der Waals surface area contributed by atoms with Crippen molar-refractivity contribution in [2.45, 2.75) is 204 Å². The number of halogens is 2. The van der Waals surface area contributed by atoms with Crippen LogP contribution in [0.1, 0.15) is 153 Å². The number of nitrogens with two attached hydrogens (primary N) is 1. The zero-order chi connectivity index (χ0) is 59.7. The molecule has 22 nitrogen and oxygen atoms in total. The SMILES string of the molecule is CC(NC(=O)CNC(=O)CCCCCn1[cH-]ccc1=O)C(=O)Nc1ccc(COC(=O)N2CC(F)(F)CC2CO)cc1.CC1CCC(COC2C3=C2C(NCCCCC(C)c2ncnc4c2C4(C)OCC2CCC(N)O2)N=CN3)O1.CCC.[U]. The number of carbonyl (C=O) groups excluding carboxylic acids is 4. The molecule has 3 saturated heterocycles. The number of unbranched alkanes of at least 4 members (excludes halogenated alkanes) is 3. The first-order valence-corrected chi connectivity index (χ1v) is 29.5. The minimum Gasteiger partial charge on any atom is -0.445 e. The Hall–Kier alpha value is -5.10. The zero-order valence-corrected chi connectivity index (χ0v) is 53.5. The first-order valence-electron chi connectivity index (χ1n) is 29.5. The van der Waals surface area contributed by atoms with Crippen LogP contribution in [-0.4, -0.2) is 149 Å². The van der Waals surface area contributed by atoms with E-state index in [4.69, 9.17) is 29.4 Å². The molecule has 0 spiro atoms. The van der Waals surface area contributed by atoms with E-state index in [0.29, 0.717) is 49.5 Å². The van der Waals surface area contributed by atoms with Gasteiger partial charge in [0.2, 0.25) is 17.7 Å². The number of nitrogens with one attached hydrogen (secondary N) is 5. The summed E-state index contributed by atoms with van der Waals surface area (Å²) in [5.74, 6) is -4.04. The van der Waals surface area contributed by atoms with E-state index in [1.165, 1.54) is 25.0 Å². The second-order valence-electron chi connectivity index (χ2n) is 22.5. The number of likely N-dealkylation sites (tertiary alicyclic amines) is 1. The van der Waals surface area contributed by atoms with Crippen molar-refractivity contribution >= 4 is 35.8 Å². The molecule has 10 unspecified atom stereocenters. The molecule has 9 rings (SSSR count). The van der Waals surface area contributed by atoms with Crippen LogP contribution in [0, 0.1) is 31.1 Å². The monoisotopic (exact) mass is 1400 g/mol. The second-order valence-corrected chi connectivity index (χ2v) is 22.5. The number of benzene rings is 1. The molecule has 2 aliphatic carbocycles. The predicted octanol–water partition coefficient (Wildman–Crippen LogP) is 5.72. The van der Waals surface area contributed by atoms with Gasteiger partial charge in [0, 0.05) is 67.3 Å². The Bertz CT molecular complexity index is 2750. The molecule has 462 valence electrons. The summed E-state index contributed by atoms with van der Waals surface area (Å²) in [4.78, 5) is 74.8. The van der Waals surface area contributed by atoms with Crippen LogP contribution in [-0.2, 0) is 56.8 Å². The summed E-state index contributed by atoms with van der Waals surface area (Å²) in [6.07, 6.45) is 15.0. The molecule has 1 aromatic carbocycles. The molecule has 25 heteroatoms. The van der Waals surface area contributed by atoms with Crippen LogP contribution in [0.15, 0.2) is 70.0 Å². The van der Waals surface area contributed by atoms with Crippen LogP contribution in [0.25, 0.3) is 0 Å². The van der Waals surface area contributed by atoms with E-state index in [9.17, 15) is 37.9 Å². The molecule has 3 aromatic rings. The van der Waals surface area contributed by atoms with Gasteiger partial charge in [0.15, 0.2) is 0 Å². The molecule has 0 saturated carbocycles. The average molecular weight is 1400 g/mol. The molecule has 6 aliphatic rings. The Labute approximate surface area is 514 Å². The maximum absolute atomic E-state index is 13.6. The minimum absolute atomic E-state index is 0. The van der Waals surface area contributed by atoms with E-state index in [-0.39, 0.29) is 92.9 Å². The maximum atomic E-state index is 13.6. The number of rotatable bonds is 27. The smallest absolute Gasteiger partial charge is 0.410 e. The van der Waals surface area contributed by atoms with Crippen LogP contribution >= 0.6 is 0 Å². The number of alkyl halides is 2. The van der Waals surface area contributed by atoms with Gasteiger partial charge in [-0.1, -0.05) is 52.2 Å². The number of anilines is 1. The van der Waals surface area contributed by atoms with Crippen molar-refractivity contribution < 1.29 is 87.9 Å². The van der Waals surface area contributed by atoms with Crippen molar-refractivity contribution in [2.75, 3.05) is 44.8 Å². The van der Waals surface area contributed by atoms with E-state index < -0.39 is 61.1 Å². The molecule has 4 aliphatic heterocycles. The summed E-state index contributed by atoms with van der Waals surface area (Å²) in [7, 11) is 0. The average Bonchev–Trinajstić information content (AvgIpc) is 1.66. The standard InChI is InChI=1S/C28H36F2N5O7.C28H42N6O4.C3H8.U/c1-19(32-24(38)15-31-23(37)6-3-2-4-12-34-13-5-7-25(34)39)26(40)33-21-10-8-20(9-11-21)17-42-27(41)35-18-28(29,30)14-22(35)16-36;1-16(23-22-26(33-14-31-23)28(22,3)36-13-19-9-10-20(29)38-19)6-4-5-11-30-27-21-24(32-15-34-27)25(21)35-12-18-8-7-17(2)37-18;1-3-2;/h5,7-11,13,19,22,36H,2-4,6,12,14-18H2,1H3,(H,31,37)(H,32,38)(H,33,40);14-20,25,27,30H,4-13,29H2,1-3H3,(H,32,34);3H2,1-2H3;/q-1;;;. The third kappa shape index (κ3) is 19.7. The first kappa shape index (κ1) is 68.0. The number of fused-ring (bicyclic) bond motifs is 1. The Morgan fingerprint density at radius 3 is 2.42 bits per heavy atom. The molecular weight excluding hydrogens is 1310 g/mol. The van der Waals surface area contributed by atoms with E-state index in [2.05, 4.69) is 76.2 Å². The number of carbonyl (C=O) groups is 4. The van der Waals surface area contributed by atoms with Crippen molar-refractivity contribution in [1.29, 1.82) is 0 Å². The molecule has 0 radical (unpaired) electrons. The van der Waals surface area contributed by atoms with E-state index in [1.54, 1.807) is 53.8 Å². The van der Waals surface area contributed by atoms with Crippen molar-refractivity contribution in [2.24, 2.45) is 10.7 Å². The summed E-state index contributed by atoms with van der Waals surface area (Å²) >= 11 is 0. The first-order chi connectivity index (χ1) is 39.8. The maximum Gasteiger partial charge on any atom is 0.410 e. The Kier molecular flexibility index (Phi) is 26.4. The molecule has 2 aromatic heterocycles. The molecule has 6 heterocycles. The fraction of sp³-hybridized carbons (Fsp3) is 0.644. The van der Waals surface area contributed by atoms with Crippen LogP contribution in [0.5, 0.6) is 0 Å². The van der Waals surface area contributed by atoms with E-state index in [0.717, 1.165) is 91.9 Å². The van der Waals surface area contributed by atoms with Gasteiger partial charge in [0.05, 0.1) is 86.2 Å². The Morgan fingerprint density at radius 1 is 0.976 bits per heavy atom. The fourth-order valence-corrected chi connectivity index (χ4v) is 10.6. The van der Waals surface area contributed by atoms with Crippen molar-refractivity contribution in [1.82, 2.24) is 40.7 Å². The number of aromatic nitrogens is 3. The van der Waals surface area contributed by atoms with Gasteiger partial charge in [-0.15, -0.1) is 12.3 Å². The van der Waals surface area contributed by atoms with E-state index >= 15 is 0 Å². The predicted molar refractivity (Wildman–Crippen MR) is 306 cm³/mol. The molecule has 0 bridgehead atoms. The van der Waals surface area contributed by atoms with Gasteiger partial charge in [-0.25, -0.2) is 23.5 Å². The Morgan fingerprint density at radius 2 is 1.73 bits per heavy atom. The van der Waals surface area contributed by atoms with Gasteiger partial charge in [-0.05, 0) is 102 Å². The van der Waals surface area contributed by atoms with Gasteiger partial charge in [-0.2, -0.15) is 6.07 Å². The number of aryl methyl sites for hydroxylation is 1. The van der Waals surface area contributed by atoms with Crippen LogP contribution in [0.3, 0.4) is 0 Å². The van der Waals surface area contributed by atoms with Gasteiger partial charge in [0.1, 0.15) is 43.1 Å². The fourth-order valence-electron chi connectivity index (χ4n) is 10.6. The Balaban J connectivity index is 0.000000255. The van der Waals surface area contributed by atoms with Gasteiger partial charge >= 0.3 is 6.09 Å². The van der Waals surface area contributed by atoms with Crippen LogP contribution < -0.4 is 37.9 Å². The molecule has 8 N–H and O–H groups in total. The van der Waals surface area contributed by atoms with Crippen LogP contribution in [0.2, 0.25) is 0 Å². The summed E-state index contributed by atoms with van der Waals surface area (Å²) in [6, 6.07) is 7.53. The quantitative estimate of drug-likeness (QED) is 0.0355. The van der Waals surface area contributed by atoms with E-state index in [1.807, 2.05) is 0 Å². The summed E-state index contributed by atoms with van der Waals surface area (Å²) in [5, 5.41) is 23.8. The number of aliphatic hydroxyl groups is 1. The largest absolute Gasteiger partial charge is 0.445 e. The molecular formula is C59H86F2N11O11U-. The van der Waals surface area contributed by atoms with Crippen LogP contribution in [0.4, 0.5) is 19.3 Å². The van der Waals surface area contributed by atoms with Gasteiger partial charge < -0.3 is 65.2 Å². The van der Waals surface area contributed by atoms with Gasteiger partial charge in [-0.3, -0.25) is 29.6 Å². The second kappa shape index (κ2) is 32.6. The number of ether oxygens (including phenoxy) is 5. The topological polar surface area (TPSA) is 284 Å². The number of hydrogen-bond donors (Lipinski definition) is 7. The summed E-state index contributed by atoms with van der Waals surface area (Å²) < 4.78 is 57.9. The number of aliphatic hydroxyl groups excluding tert-OH is 1. The minimum atomic E-state index is -3.08. The number of amides is 4. The normalized spacial score (nSPS) is 24.6. The zero-order valence-electron chi connectivity index (χ0n) is 49.3. The van der Waals surface area contributed by atoms with Crippen molar-refractivity contribution in [3.8, 4) is 0 Å². The summed E-state index contributed by atoms with van der Waals surface area (Å²) in [5.41, 5.74) is 12.0. The van der Waals surface area contributed by atoms with Crippen molar-refractivity contribution in [3.63, 3.8) is 0 Å². The summed E-state index contributed by atoms with van der Waals surface area (Å²) in [6.45, 7) is 13.0. The molecule has 10 atom stereocenters. The third-order valence-electron chi connectivity index (χ3n) is 15.3. The molecule has 84 heavy (non-hydrogen) atoms. The molecule has 4 amide bonds.